The number of rotatable bonds is 6. The molecule has 1 fully saturated rings. The van der Waals surface area contributed by atoms with Gasteiger partial charge in [-0.1, -0.05) is 11.6 Å². The number of fused-ring (bicyclic) bond motifs is 1. The van der Waals surface area contributed by atoms with E-state index >= 15 is 0 Å². The van der Waals surface area contributed by atoms with Gasteiger partial charge in [0.15, 0.2) is 5.01 Å². The Balaban J connectivity index is 0.00000400. The van der Waals surface area contributed by atoms with Gasteiger partial charge in [-0.3, -0.25) is 24.1 Å². The molecule has 2 aromatic rings. The van der Waals surface area contributed by atoms with Crippen molar-refractivity contribution in [2.75, 3.05) is 26.0 Å². The van der Waals surface area contributed by atoms with Crippen molar-refractivity contribution in [3.63, 3.8) is 0 Å². The van der Waals surface area contributed by atoms with Gasteiger partial charge in [0.25, 0.3) is 5.91 Å². The van der Waals surface area contributed by atoms with Gasteiger partial charge in [-0.15, -0.1) is 23.7 Å². The number of nitrogens with one attached hydrogen (secondary N) is 3. The Kier molecular flexibility index (Phi) is 10.0. The Bertz CT molecular complexity index is 1170. The van der Waals surface area contributed by atoms with E-state index in [0.29, 0.717) is 42.4 Å². The highest BCUT2D eigenvalue weighted by atomic mass is 35.5. The average molecular weight is 585 g/mol. The lowest BCUT2D eigenvalue weighted by Crippen LogP contribution is -2.57. The van der Waals surface area contributed by atoms with Crippen LogP contribution in [0.15, 0.2) is 18.3 Å². The summed E-state index contributed by atoms with van der Waals surface area (Å²) in [5, 5.41) is 8.91. The topological polar surface area (TPSA) is 137 Å². The fourth-order valence-corrected chi connectivity index (χ4v) is 5.73. The molecule has 206 valence electrons. The molecule has 3 heterocycles. The van der Waals surface area contributed by atoms with E-state index in [1.807, 2.05) is 14.0 Å². The highest BCUT2D eigenvalue weighted by Gasteiger charge is 2.38. The van der Waals surface area contributed by atoms with Crippen molar-refractivity contribution in [2.24, 2.45) is 5.92 Å². The molecule has 4 amide bonds. The molecule has 0 radical (unpaired) electrons. The van der Waals surface area contributed by atoms with Crippen LogP contribution in [0.25, 0.3) is 0 Å². The van der Waals surface area contributed by atoms with Gasteiger partial charge in [0.2, 0.25) is 5.91 Å². The lowest BCUT2D eigenvalue weighted by molar-refractivity contribution is -0.137. The third kappa shape index (κ3) is 6.99. The molecule has 0 spiro atoms. The number of hydrogen-bond acceptors (Lipinski definition) is 8. The lowest BCUT2D eigenvalue weighted by Gasteiger charge is -2.37. The van der Waals surface area contributed by atoms with Crippen LogP contribution in [0.2, 0.25) is 5.02 Å². The number of nitrogens with zero attached hydrogens (tertiary/aromatic N) is 4. The summed E-state index contributed by atoms with van der Waals surface area (Å²) in [6.45, 7) is 3.92. The summed E-state index contributed by atoms with van der Waals surface area (Å²) >= 11 is 7.16. The molecule has 3 atom stereocenters. The van der Waals surface area contributed by atoms with E-state index in [2.05, 4.69) is 30.8 Å². The van der Waals surface area contributed by atoms with E-state index in [1.165, 1.54) is 23.6 Å². The van der Waals surface area contributed by atoms with Crippen molar-refractivity contribution in [1.29, 1.82) is 0 Å². The molecule has 4 rings (SSSR count). The van der Waals surface area contributed by atoms with Crippen LogP contribution >= 0.6 is 35.3 Å². The number of anilines is 1. The van der Waals surface area contributed by atoms with Crippen molar-refractivity contribution in [2.45, 2.75) is 51.4 Å². The number of pyridine rings is 1. The first kappa shape index (κ1) is 29.8. The fraction of sp³-hybridized carbons (Fsp3) is 0.500. The van der Waals surface area contributed by atoms with Gasteiger partial charge in [-0.05, 0) is 45.4 Å². The minimum atomic E-state index is -0.885. The molecule has 1 aliphatic heterocycles. The molecule has 0 saturated heterocycles. The normalized spacial score (nSPS) is 20.6. The first-order valence-electron chi connectivity index (χ1n) is 12.1. The zero-order valence-corrected chi connectivity index (χ0v) is 23.7. The maximum atomic E-state index is 13.1. The van der Waals surface area contributed by atoms with Crippen LogP contribution in [0.5, 0.6) is 0 Å². The van der Waals surface area contributed by atoms with Gasteiger partial charge in [-0.2, -0.15) is 0 Å². The zero-order chi connectivity index (χ0) is 26.7. The van der Waals surface area contributed by atoms with Gasteiger partial charge >= 0.3 is 11.8 Å². The van der Waals surface area contributed by atoms with Crippen molar-refractivity contribution in [3.05, 3.63) is 38.9 Å². The number of thiazole rings is 1. The maximum Gasteiger partial charge on any atom is 0.314 e. The van der Waals surface area contributed by atoms with Crippen LogP contribution < -0.4 is 16.0 Å². The second kappa shape index (κ2) is 12.8. The molecule has 0 unspecified atom stereocenters. The quantitative estimate of drug-likeness (QED) is 0.442. The van der Waals surface area contributed by atoms with E-state index < -0.39 is 23.9 Å². The number of aromatic nitrogens is 2. The third-order valence-corrected chi connectivity index (χ3v) is 7.97. The van der Waals surface area contributed by atoms with Gasteiger partial charge in [0, 0.05) is 49.7 Å². The molecule has 11 nitrogen and oxygen atoms in total. The van der Waals surface area contributed by atoms with E-state index in [1.54, 1.807) is 18.0 Å². The number of carbonyl (C=O) groups excluding carboxylic acids is 4. The monoisotopic (exact) mass is 583 g/mol. The molecule has 2 aliphatic rings. The van der Waals surface area contributed by atoms with Crippen LogP contribution in [0.1, 0.15) is 46.6 Å². The predicted octanol–water partition coefficient (Wildman–Crippen LogP) is 2.06. The summed E-state index contributed by atoms with van der Waals surface area (Å²) in [6.07, 6.45) is 2.65. The highest BCUT2D eigenvalue weighted by Crippen LogP contribution is 2.29. The molecule has 3 N–H and O–H groups in total. The number of amides is 4. The SMILES string of the molecule is CCN(C)C(=O)[C@H]1CC[C@H](NC(=O)C(=O)Nc2ccc(Cl)cn2)[C@H](NC(=O)c2nc3c(s2)CN(C)C3)C1.Cl. The molecule has 0 bridgehead atoms. The summed E-state index contributed by atoms with van der Waals surface area (Å²) in [7, 11) is 3.74. The first-order chi connectivity index (χ1) is 17.6. The van der Waals surface area contributed by atoms with Gasteiger partial charge < -0.3 is 20.9 Å². The van der Waals surface area contributed by atoms with Crippen LogP contribution in [0.4, 0.5) is 5.82 Å². The second-order valence-corrected chi connectivity index (χ2v) is 10.9. The molecule has 2 aromatic heterocycles. The molecule has 14 heteroatoms. The number of carbonyl (C=O) groups is 4. The van der Waals surface area contributed by atoms with Crippen molar-refractivity contribution in [1.82, 2.24) is 30.4 Å². The number of hydrogen-bond donors (Lipinski definition) is 3. The summed E-state index contributed by atoms with van der Waals surface area (Å²) in [5.41, 5.74) is 0.899. The maximum absolute atomic E-state index is 13.1. The summed E-state index contributed by atoms with van der Waals surface area (Å²) in [5.74, 6) is -2.20. The number of halogens is 2. The second-order valence-electron chi connectivity index (χ2n) is 9.40. The minimum absolute atomic E-state index is 0. The van der Waals surface area contributed by atoms with Gasteiger partial charge in [0.1, 0.15) is 5.82 Å². The molecule has 1 aliphatic carbocycles. The summed E-state index contributed by atoms with van der Waals surface area (Å²) in [4.78, 5) is 64.4. The first-order valence-corrected chi connectivity index (χ1v) is 13.3. The van der Waals surface area contributed by atoms with Crippen molar-refractivity contribution >= 4 is 64.8 Å². The Morgan fingerprint density at radius 3 is 2.55 bits per heavy atom. The minimum Gasteiger partial charge on any atom is -0.346 e. The Labute approximate surface area is 236 Å². The van der Waals surface area contributed by atoms with Crippen LogP contribution in [-0.4, -0.2) is 76.1 Å². The van der Waals surface area contributed by atoms with Crippen LogP contribution in [0, 0.1) is 5.92 Å². The zero-order valence-electron chi connectivity index (χ0n) is 21.3. The molecular weight excluding hydrogens is 553 g/mol. The molecule has 1 saturated carbocycles. The summed E-state index contributed by atoms with van der Waals surface area (Å²) < 4.78 is 0. The predicted molar refractivity (Wildman–Crippen MR) is 146 cm³/mol. The van der Waals surface area contributed by atoms with E-state index in [-0.39, 0.29) is 36.0 Å². The van der Waals surface area contributed by atoms with Gasteiger partial charge in [-0.25, -0.2) is 9.97 Å². The summed E-state index contributed by atoms with van der Waals surface area (Å²) in [6, 6.07) is 1.95. The lowest BCUT2D eigenvalue weighted by atomic mass is 9.81. The van der Waals surface area contributed by atoms with Crippen LogP contribution in [-0.2, 0) is 27.5 Å². The Morgan fingerprint density at radius 1 is 1.13 bits per heavy atom. The molecule has 0 aromatic carbocycles. The standard InChI is InChI=1S/C24H30ClN7O4S.ClH/c1-4-32(3)24(36)13-5-7-15(27-20(33)21(34)30-19-8-6-14(25)10-26-19)16(9-13)28-22(35)23-29-17-11-31(2)12-18(17)37-23;/h6,8,10,13,15-16H,4-5,7,9,11-12H2,1-3H3,(H,27,33)(H,28,35)(H,26,30,34);1H/t13-,15-,16+;/m0./s1. The highest BCUT2D eigenvalue weighted by molar-refractivity contribution is 7.13. The van der Waals surface area contributed by atoms with Crippen molar-refractivity contribution < 1.29 is 19.2 Å². The van der Waals surface area contributed by atoms with E-state index in [4.69, 9.17) is 11.6 Å². The van der Waals surface area contributed by atoms with E-state index in [9.17, 15) is 19.2 Å². The Hall–Kier alpha value is -2.80. The molecule has 38 heavy (non-hydrogen) atoms. The molecular formula is C24H31Cl2N7O4S. The van der Waals surface area contributed by atoms with Gasteiger partial charge in [0.05, 0.1) is 16.8 Å². The van der Waals surface area contributed by atoms with E-state index in [0.717, 1.165) is 17.1 Å². The van der Waals surface area contributed by atoms with Crippen molar-refractivity contribution in [3.8, 4) is 0 Å². The Morgan fingerprint density at radius 2 is 1.89 bits per heavy atom. The average Bonchev–Trinajstić information content (AvgIpc) is 3.43. The smallest absolute Gasteiger partial charge is 0.314 e. The third-order valence-electron chi connectivity index (χ3n) is 6.66. The fourth-order valence-electron chi connectivity index (χ4n) is 4.57. The van der Waals surface area contributed by atoms with Crippen LogP contribution in [0.3, 0.4) is 0 Å². The largest absolute Gasteiger partial charge is 0.346 e.